The summed E-state index contributed by atoms with van der Waals surface area (Å²) in [6.45, 7) is 9.54. The summed E-state index contributed by atoms with van der Waals surface area (Å²) in [6.07, 6.45) is 2.00. The molecule has 21 heavy (non-hydrogen) atoms. The monoisotopic (exact) mass is 312 g/mol. The Hall–Kier alpha value is -1.41. The lowest BCUT2D eigenvalue weighted by molar-refractivity contribution is 0.161. The molecule has 0 radical (unpaired) electrons. The Morgan fingerprint density at radius 2 is 2.05 bits per heavy atom. The van der Waals surface area contributed by atoms with Gasteiger partial charge in [-0.1, -0.05) is 12.1 Å². The SMILES string of the molecule is CCCc1nsc(N2CCN(C(C)(C)C(N)=NO)CC2)n1. The van der Waals surface area contributed by atoms with Crippen LogP contribution in [0.1, 0.15) is 33.0 Å². The van der Waals surface area contributed by atoms with E-state index in [0.717, 1.165) is 50.0 Å². The summed E-state index contributed by atoms with van der Waals surface area (Å²) in [6, 6.07) is 0. The molecule has 1 aromatic rings. The molecular formula is C13H24N6OS. The number of amidine groups is 1. The highest BCUT2D eigenvalue weighted by Crippen LogP contribution is 2.23. The number of aryl methyl sites for hydroxylation is 1. The molecule has 0 spiro atoms. The van der Waals surface area contributed by atoms with Crippen LogP contribution in [0.2, 0.25) is 0 Å². The smallest absolute Gasteiger partial charge is 0.205 e. The van der Waals surface area contributed by atoms with Gasteiger partial charge in [-0.25, -0.2) is 4.98 Å². The molecule has 0 atom stereocenters. The fraction of sp³-hybridized carbons (Fsp3) is 0.769. The van der Waals surface area contributed by atoms with Gasteiger partial charge in [0.1, 0.15) is 5.82 Å². The van der Waals surface area contributed by atoms with Gasteiger partial charge in [0.25, 0.3) is 0 Å². The van der Waals surface area contributed by atoms with Gasteiger partial charge in [0, 0.05) is 44.1 Å². The van der Waals surface area contributed by atoms with Gasteiger partial charge >= 0.3 is 0 Å². The second kappa shape index (κ2) is 6.57. The van der Waals surface area contributed by atoms with Crippen molar-refractivity contribution in [1.29, 1.82) is 0 Å². The zero-order valence-corrected chi connectivity index (χ0v) is 13.7. The number of aromatic nitrogens is 2. The lowest BCUT2D eigenvalue weighted by atomic mass is 10.0. The summed E-state index contributed by atoms with van der Waals surface area (Å²) in [7, 11) is 0. The summed E-state index contributed by atoms with van der Waals surface area (Å²) < 4.78 is 4.39. The highest BCUT2D eigenvalue weighted by Gasteiger charge is 2.34. The fourth-order valence-corrected chi connectivity index (χ4v) is 3.20. The topological polar surface area (TPSA) is 90.9 Å². The van der Waals surface area contributed by atoms with E-state index in [9.17, 15) is 0 Å². The average molecular weight is 312 g/mol. The third kappa shape index (κ3) is 3.44. The molecule has 2 rings (SSSR count). The molecule has 2 heterocycles. The van der Waals surface area contributed by atoms with Crippen LogP contribution in [-0.4, -0.2) is 57.0 Å². The third-order valence-corrected chi connectivity index (χ3v) is 4.82. The average Bonchev–Trinajstić information content (AvgIpc) is 2.95. The summed E-state index contributed by atoms with van der Waals surface area (Å²) in [4.78, 5) is 9.08. The molecule has 0 amide bonds. The Balaban J connectivity index is 1.96. The van der Waals surface area contributed by atoms with Crippen molar-refractivity contribution in [3.63, 3.8) is 0 Å². The molecule has 1 aliphatic rings. The minimum absolute atomic E-state index is 0.247. The van der Waals surface area contributed by atoms with Crippen molar-refractivity contribution < 1.29 is 5.21 Å². The van der Waals surface area contributed by atoms with E-state index in [-0.39, 0.29) is 5.84 Å². The molecule has 8 heteroatoms. The standard InChI is InChI=1S/C13H24N6OS/c1-4-5-10-15-12(21-17-10)18-6-8-19(9-7-18)13(2,3)11(14)16-20/h20H,4-9H2,1-3H3,(H2,14,16). The molecule has 0 aromatic carbocycles. The van der Waals surface area contributed by atoms with Crippen LogP contribution in [0.5, 0.6) is 0 Å². The molecule has 7 nitrogen and oxygen atoms in total. The number of nitrogens with zero attached hydrogens (tertiary/aromatic N) is 5. The van der Waals surface area contributed by atoms with E-state index < -0.39 is 5.54 Å². The molecule has 1 saturated heterocycles. The van der Waals surface area contributed by atoms with Gasteiger partial charge in [0.15, 0.2) is 5.84 Å². The first-order chi connectivity index (χ1) is 9.98. The second-order valence-electron chi connectivity index (χ2n) is 5.76. The lowest BCUT2D eigenvalue weighted by Gasteiger charge is -2.43. The highest BCUT2D eigenvalue weighted by molar-refractivity contribution is 7.09. The predicted molar refractivity (Wildman–Crippen MR) is 85.2 cm³/mol. The van der Waals surface area contributed by atoms with E-state index in [1.807, 2.05) is 13.8 Å². The quantitative estimate of drug-likeness (QED) is 0.367. The third-order valence-electron chi connectivity index (χ3n) is 4.01. The fourth-order valence-electron chi connectivity index (χ4n) is 2.44. The summed E-state index contributed by atoms with van der Waals surface area (Å²) in [5.41, 5.74) is 5.35. The van der Waals surface area contributed by atoms with Crippen LogP contribution in [0.25, 0.3) is 0 Å². The van der Waals surface area contributed by atoms with Gasteiger partial charge in [0.2, 0.25) is 5.13 Å². The van der Waals surface area contributed by atoms with E-state index in [2.05, 4.69) is 31.2 Å². The Kier molecular flexibility index (Phi) is 5.00. The van der Waals surface area contributed by atoms with Crippen molar-refractivity contribution in [2.24, 2.45) is 10.9 Å². The minimum Gasteiger partial charge on any atom is -0.409 e. The van der Waals surface area contributed by atoms with Crippen LogP contribution in [0.4, 0.5) is 5.13 Å². The number of hydrogen-bond acceptors (Lipinski definition) is 7. The summed E-state index contributed by atoms with van der Waals surface area (Å²) in [5, 5.41) is 13.0. The maximum absolute atomic E-state index is 8.89. The molecule has 0 saturated carbocycles. The number of nitrogens with two attached hydrogens (primary N) is 1. The number of rotatable bonds is 5. The van der Waals surface area contributed by atoms with Gasteiger partial charge in [-0.15, -0.1) is 0 Å². The largest absolute Gasteiger partial charge is 0.409 e. The van der Waals surface area contributed by atoms with E-state index in [1.165, 1.54) is 11.5 Å². The second-order valence-corrected chi connectivity index (χ2v) is 6.49. The van der Waals surface area contributed by atoms with E-state index >= 15 is 0 Å². The van der Waals surface area contributed by atoms with Crippen molar-refractivity contribution >= 4 is 22.5 Å². The van der Waals surface area contributed by atoms with Crippen LogP contribution in [-0.2, 0) is 6.42 Å². The van der Waals surface area contributed by atoms with Crippen molar-refractivity contribution in [2.75, 3.05) is 31.1 Å². The van der Waals surface area contributed by atoms with Gasteiger partial charge in [0.05, 0.1) is 5.54 Å². The van der Waals surface area contributed by atoms with Gasteiger partial charge in [-0.3, -0.25) is 4.90 Å². The zero-order chi connectivity index (χ0) is 15.5. The van der Waals surface area contributed by atoms with Gasteiger partial charge in [-0.2, -0.15) is 4.37 Å². The Bertz CT molecular complexity index is 493. The molecule has 0 unspecified atom stereocenters. The molecule has 1 fully saturated rings. The van der Waals surface area contributed by atoms with Crippen LogP contribution in [0.3, 0.4) is 0 Å². The maximum atomic E-state index is 8.89. The Morgan fingerprint density at radius 3 is 2.62 bits per heavy atom. The summed E-state index contributed by atoms with van der Waals surface area (Å²) >= 11 is 1.47. The molecule has 118 valence electrons. The molecule has 1 aromatic heterocycles. The zero-order valence-electron chi connectivity index (χ0n) is 12.9. The first-order valence-electron chi connectivity index (χ1n) is 7.29. The van der Waals surface area contributed by atoms with Gasteiger partial charge in [-0.05, 0) is 20.3 Å². The van der Waals surface area contributed by atoms with E-state index in [1.54, 1.807) is 0 Å². The van der Waals surface area contributed by atoms with Crippen molar-refractivity contribution in [3.05, 3.63) is 5.82 Å². The predicted octanol–water partition coefficient (Wildman–Crippen LogP) is 1.14. The number of piperazine rings is 1. The van der Waals surface area contributed by atoms with E-state index in [0.29, 0.717) is 0 Å². The first-order valence-corrected chi connectivity index (χ1v) is 8.07. The molecular weight excluding hydrogens is 288 g/mol. The molecule has 1 aliphatic heterocycles. The minimum atomic E-state index is -0.435. The molecule has 3 N–H and O–H groups in total. The molecule has 0 aliphatic carbocycles. The normalized spacial score (nSPS) is 18.2. The van der Waals surface area contributed by atoms with Crippen molar-refractivity contribution in [1.82, 2.24) is 14.3 Å². The van der Waals surface area contributed by atoms with E-state index in [4.69, 9.17) is 10.9 Å². The van der Waals surface area contributed by atoms with Crippen LogP contribution in [0, 0.1) is 0 Å². The van der Waals surface area contributed by atoms with Crippen LogP contribution < -0.4 is 10.6 Å². The Morgan fingerprint density at radius 1 is 1.38 bits per heavy atom. The summed E-state index contributed by atoms with van der Waals surface area (Å²) in [5.74, 6) is 1.19. The van der Waals surface area contributed by atoms with Crippen LogP contribution >= 0.6 is 11.5 Å². The van der Waals surface area contributed by atoms with Crippen LogP contribution in [0.15, 0.2) is 5.16 Å². The molecule has 0 bridgehead atoms. The van der Waals surface area contributed by atoms with Gasteiger partial charge < -0.3 is 15.8 Å². The first kappa shape index (κ1) is 16.0. The number of oxime groups is 1. The maximum Gasteiger partial charge on any atom is 0.205 e. The number of anilines is 1. The lowest BCUT2D eigenvalue weighted by Crippen LogP contribution is -2.59. The number of hydrogen-bond donors (Lipinski definition) is 2. The Labute approximate surface area is 129 Å². The van der Waals surface area contributed by atoms with Crippen molar-refractivity contribution in [2.45, 2.75) is 39.2 Å². The van der Waals surface area contributed by atoms with Crippen molar-refractivity contribution in [3.8, 4) is 0 Å². The highest BCUT2D eigenvalue weighted by atomic mass is 32.1.